The molecule has 0 amide bonds. The van der Waals surface area contributed by atoms with E-state index in [1.165, 1.54) is 22.4 Å². The molecule has 28 heavy (non-hydrogen) atoms. The Morgan fingerprint density at radius 2 is 1.86 bits per heavy atom. The number of nitrogens with one attached hydrogen (secondary N) is 1. The Kier molecular flexibility index (Phi) is 6.39. The fourth-order valence-corrected chi connectivity index (χ4v) is 3.93. The van der Waals surface area contributed by atoms with E-state index in [0.717, 1.165) is 43.4 Å². The molecule has 152 valence electrons. The van der Waals surface area contributed by atoms with E-state index in [2.05, 4.69) is 59.4 Å². The van der Waals surface area contributed by atoms with Crippen molar-refractivity contribution in [2.45, 2.75) is 13.8 Å². The summed E-state index contributed by atoms with van der Waals surface area (Å²) in [6, 6.07) is 10.6. The van der Waals surface area contributed by atoms with Gasteiger partial charge in [-0.15, -0.1) is 11.3 Å². The van der Waals surface area contributed by atoms with E-state index < -0.39 is 10.1 Å². The molecule has 1 saturated heterocycles. The minimum atomic E-state index is -3.66. The lowest BCUT2D eigenvalue weighted by atomic mass is 10.2. The van der Waals surface area contributed by atoms with Crippen molar-refractivity contribution in [3.05, 3.63) is 40.8 Å². The lowest BCUT2D eigenvalue weighted by molar-refractivity contribution is 0.216. The predicted octanol–water partition coefficient (Wildman–Crippen LogP) is 3.33. The summed E-state index contributed by atoms with van der Waals surface area (Å²) in [5.74, 6) is 0.914. The van der Waals surface area contributed by atoms with E-state index in [9.17, 15) is 8.42 Å². The molecule has 0 aliphatic carbocycles. The molecular weight excluding hydrogens is 396 g/mol. The number of amidine groups is 1. The van der Waals surface area contributed by atoms with Gasteiger partial charge in [-0.1, -0.05) is 12.1 Å². The number of hydrogen-bond donors (Lipinski definition) is 2. The van der Waals surface area contributed by atoms with Crippen LogP contribution in [0.25, 0.3) is 0 Å². The lowest BCUT2D eigenvalue weighted by Crippen LogP contribution is -2.47. The summed E-state index contributed by atoms with van der Waals surface area (Å²) in [5, 5.41) is 4.78. The second kappa shape index (κ2) is 8.60. The van der Waals surface area contributed by atoms with Crippen molar-refractivity contribution in [3.63, 3.8) is 0 Å². The van der Waals surface area contributed by atoms with E-state index in [0.29, 0.717) is 0 Å². The fourth-order valence-electron chi connectivity index (χ4n) is 3.01. The Morgan fingerprint density at radius 1 is 1.21 bits per heavy atom. The van der Waals surface area contributed by atoms with Gasteiger partial charge in [0.1, 0.15) is 10.8 Å². The van der Waals surface area contributed by atoms with Crippen LogP contribution in [0.1, 0.15) is 17.4 Å². The molecule has 2 aliphatic heterocycles. The first-order valence-electron chi connectivity index (χ1n) is 9.21. The van der Waals surface area contributed by atoms with Crippen molar-refractivity contribution in [3.8, 4) is 0 Å². The molecule has 0 atom stereocenters. The normalized spacial score (nSPS) is 16.7. The van der Waals surface area contributed by atoms with E-state index in [1.807, 2.05) is 0 Å². The highest BCUT2D eigenvalue weighted by atomic mass is 32.2. The number of para-hydroxylation sites is 2. The highest BCUT2D eigenvalue weighted by molar-refractivity contribution is 7.85. The molecule has 1 fully saturated rings. The van der Waals surface area contributed by atoms with E-state index >= 15 is 0 Å². The number of hydrogen-bond acceptors (Lipinski definition) is 7. The molecular formula is C19H26N4O3S2. The van der Waals surface area contributed by atoms with Crippen LogP contribution in [0, 0.1) is 6.92 Å². The first-order chi connectivity index (χ1) is 13.3. The maximum absolute atomic E-state index is 9.56. The maximum atomic E-state index is 9.56. The molecule has 0 spiro atoms. The molecule has 2 N–H and O–H groups in total. The number of likely N-dealkylation sites (N-methyl/N-ethyl adjacent to an activating group) is 1. The van der Waals surface area contributed by atoms with Gasteiger partial charge >= 0.3 is 0 Å². The lowest BCUT2D eigenvalue weighted by Gasteiger charge is -2.34. The number of rotatable bonds is 1. The third-order valence-electron chi connectivity index (χ3n) is 4.64. The van der Waals surface area contributed by atoms with Crippen LogP contribution in [0.4, 0.5) is 16.4 Å². The fraction of sp³-hybridized carbons (Fsp3) is 0.421. The van der Waals surface area contributed by atoms with Gasteiger partial charge in [-0.2, -0.15) is 8.42 Å². The maximum Gasteiger partial charge on any atom is 0.264 e. The van der Waals surface area contributed by atoms with Gasteiger partial charge < -0.3 is 15.1 Å². The van der Waals surface area contributed by atoms with E-state index in [1.54, 1.807) is 11.3 Å². The van der Waals surface area contributed by atoms with Gasteiger partial charge in [0.2, 0.25) is 0 Å². The summed E-state index contributed by atoms with van der Waals surface area (Å²) >= 11 is 1.81. The Bertz CT molecular complexity index is 961. The summed E-state index contributed by atoms with van der Waals surface area (Å²) in [6.45, 7) is 7.78. The monoisotopic (exact) mass is 422 g/mol. The van der Waals surface area contributed by atoms with Gasteiger partial charge in [0, 0.05) is 31.1 Å². The number of fused-ring (bicyclic) bond motifs is 2. The van der Waals surface area contributed by atoms with E-state index in [4.69, 9.17) is 9.55 Å². The zero-order chi connectivity index (χ0) is 20.3. The topological polar surface area (TPSA) is 85.2 Å². The zero-order valence-corrected chi connectivity index (χ0v) is 18.0. The van der Waals surface area contributed by atoms with Crippen LogP contribution in [0.15, 0.2) is 35.3 Å². The number of nitrogens with zero attached hydrogens (tertiary/aromatic N) is 3. The third-order valence-corrected chi connectivity index (χ3v) is 6.34. The first kappa shape index (κ1) is 20.8. The van der Waals surface area contributed by atoms with Crippen molar-refractivity contribution in [1.82, 2.24) is 9.80 Å². The first-order valence-corrected chi connectivity index (χ1v) is 11.6. The molecule has 4 rings (SSSR count). The molecule has 0 unspecified atom stereocenters. The summed E-state index contributed by atoms with van der Waals surface area (Å²) in [4.78, 5) is 11.1. The summed E-state index contributed by atoms with van der Waals surface area (Å²) < 4.78 is 26.9. The molecule has 0 bridgehead atoms. The average molecular weight is 423 g/mol. The number of piperazine rings is 1. The van der Waals surface area contributed by atoms with Gasteiger partial charge in [-0.25, -0.2) is 4.99 Å². The molecule has 1 aromatic heterocycles. The quantitative estimate of drug-likeness (QED) is 0.686. The van der Waals surface area contributed by atoms with Crippen LogP contribution in [0.2, 0.25) is 0 Å². The average Bonchev–Trinajstić information content (AvgIpc) is 2.94. The number of benzene rings is 1. The highest BCUT2D eigenvalue weighted by Gasteiger charge is 2.25. The number of anilines is 2. The largest absolute Gasteiger partial charge is 0.353 e. The van der Waals surface area contributed by atoms with Crippen LogP contribution in [0.5, 0.6) is 0 Å². The zero-order valence-electron chi connectivity index (χ0n) is 16.3. The molecule has 0 radical (unpaired) electrons. The highest BCUT2D eigenvalue weighted by Crippen LogP contribution is 2.39. The second-order valence-electron chi connectivity index (χ2n) is 6.84. The van der Waals surface area contributed by atoms with Gasteiger partial charge in [-0.05, 0) is 39.1 Å². The third kappa shape index (κ3) is 5.11. The van der Waals surface area contributed by atoms with Crippen molar-refractivity contribution in [1.29, 1.82) is 0 Å². The molecule has 1 aromatic carbocycles. The summed E-state index contributed by atoms with van der Waals surface area (Å²) in [7, 11) is -1.48. The molecule has 7 nitrogen and oxygen atoms in total. The molecule has 0 saturated carbocycles. The van der Waals surface area contributed by atoms with Crippen LogP contribution in [-0.4, -0.2) is 67.6 Å². The minimum Gasteiger partial charge on any atom is -0.353 e. The van der Waals surface area contributed by atoms with Crippen LogP contribution < -0.4 is 5.32 Å². The number of thiophene rings is 1. The molecule has 9 heteroatoms. The second-order valence-corrected chi connectivity index (χ2v) is 9.84. The van der Waals surface area contributed by atoms with Crippen LogP contribution in [-0.2, 0) is 10.1 Å². The van der Waals surface area contributed by atoms with Crippen molar-refractivity contribution in [2.75, 3.05) is 44.3 Å². The van der Waals surface area contributed by atoms with Gasteiger partial charge in [-0.3, -0.25) is 4.55 Å². The minimum absolute atomic E-state index is 0.201. The Balaban J connectivity index is 0.000000330. The smallest absolute Gasteiger partial charge is 0.264 e. The van der Waals surface area contributed by atoms with Gasteiger partial charge in [0.25, 0.3) is 10.1 Å². The van der Waals surface area contributed by atoms with Crippen LogP contribution in [0.3, 0.4) is 0 Å². The van der Waals surface area contributed by atoms with Crippen molar-refractivity contribution in [2.24, 2.45) is 4.99 Å². The summed E-state index contributed by atoms with van der Waals surface area (Å²) in [6.07, 6.45) is 0. The summed E-state index contributed by atoms with van der Waals surface area (Å²) in [5.41, 5.74) is 3.36. The van der Waals surface area contributed by atoms with E-state index in [-0.39, 0.29) is 5.75 Å². The van der Waals surface area contributed by atoms with Gasteiger partial charge in [0.15, 0.2) is 0 Å². The Morgan fingerprint density at radius 3 is 2.50 bits per heavy atom. The van der Waals surface area contributed by atoms with Crippen molar-refractivity contribution >= 4 is 43.7 Å². The molecule has 2 aromatic rings. The van der Waals surface area contributed by atoms with Crippen LogP contribution >= 0.6 is 11.3 Å². The predicted molar refractivity (Wildman–Crippen MR) is 116 cm³/mol. The van der Waals surface area contributed by atoms with Gasteiger partial charge in [0.05, 0.1) is 22.7 Å². The standard InChI is InChI=1S/C17H20N4S.C2H6O3S/c1-12-11-13-16(21-9-7-20(2)8-10-21)18-14-5-3-4-6-15(14)19-17(13)22-12;1-2-6(3,4)5/h3-6,11,19H,7-10H2,1-2H3;2H2,1H3,(H,3,4,5). The number of aryl methyl sites for hydroxylation is 1. The van der Waals surface area contributed by atoms with Crippen molar-refractivity contribution < 1.29 is 13.0 Å². The molecule has 2 aliphatic rings. The Labute approximate surface area is 170 Å². The molecule has 3 heterocycles. The number of aliphatic imine (C=N–C) groups is 1. The Hall–Kier alpha value is -1.94. The SMILES string of the molecule is CCS(=O)(=O)O.Cc1cc2c(s1)Nc1ccccc1N=C2N1CCN(C)CC1.